The second-order valence-electron chi connectivity index (χ2n) is 4.96. The fourth-order valence-corrected chi connectivity index (χ4v) is 1.84. The van der Waals surface area contributed by atoms with Crippen LogP contribution in [0.1, 0.15) is 19.4 Å². The molecule has 0 heterocycles. The van der Waals surface area contributed by atoms with Gasteiger partial charge in [-0.2, -0.15) is 0 Å². The SMILES string of the molecule is COc1cccc(Oc2cccc(CNC(C)C)c2)c1. The third-order valence-electron chi connectivity index (χ3n) is 2.89. The number of ether oxygens (including phenoxy) is 2. The number of rotatable bonds is 6. The van der Waals surface area contributed by atoms with E-state index >= 15 is 0 Å². The number of methoxy groups -OCH3 is 1. The fourth-order valence-electron chi connectivity index (χ4n) is 1.84. The molecule has 0 spiro atoms. The lowest BCUT2D eigenvalue weighted by atomic mass is 10.2. The molecule has 0 amide bonds. The molecule has 0 atom stereocenters. The molecule has 0 aliphatic rings. The average molecular weight is 271 g/mol. The van der Waals surface area contributed by atoms with E-state index in [2.05, 4.69) is 31.3 Å². The smallest absolute Gasteiger partial charge is 0.131 e. The van der Waals surface area contributed by atoms with Crippen LogP contribution in [-0.4, -0.2) is 13.2 Å². The summed E-state index contributed by atoms with van der Waals surface area (Å²) < 4.78 is 11.1. The van der Waals surface area contributed by atoms with Crippen LogP contribution in [0.2, 0.25) is 0 Å². The van der Waals surface area contributed by atoms with Crippen molar-refractivity contribution >= 4 is 0 Å². The van der Waals surface area contributed by atoms with E-state index < -0.39 is 0 Å². The van der Waals surface area contributed by atoms with Crippen LogP contribution in [0.4, 0.5) is 0 Å². The van der Waals surface area contributed by atoms with Crippen molar-refractivity contribution in [1.82, 2.24) is 5.32 Å². The van der Waals surface area contributed by atoms with Crippen molar-refractivity contribution in [3.63, 3.8) is 0 Å². The number of nitrogens with one attached hydrogen (secondary N) is 1. The average Bonchev–Trinajstić information content (AvgIpc) is 2.46. The van der Waals surface area contributed by atoms with Crippen LogP contribution in [0.25, 0.3) is 0 Å². The van der Waals surface area contributed by atoms with Gasteiger partial charge in [0.05, 0.1) is 7.11 Å². The second kappa shape index (κ2) is 6.96. The highest BCUT2D eigenvalue weighted by atomic mass is 16.5. The van der Waals surface area contributed by atoms with E-state index in [4.69, 9.17) is 9.47 Å². The minimum Gasteiger partial charge on any atom is -0.497 e. The van der Waals surface area contributed by atoms with Crippen LogP contribution in [0.5, 0.6) is 17.2 Å². The molecule has 0 aromatic heterocycles. The van der Waals surface area contributed by atoms with Crippen molar-refractivity contribution in [2.24, 2.45) is 0 Å². The van der Waals surface area contributed by atoms with Gasteiger partial charge >= 0.3 is 0 Å². The highest BCUT2D eigenvalue weighted by Gasteiger charge is 2.01. The Morgan fingerprint density at radius 1 is 0.950 bits per heavy atom. The van der Waals surface area contributed by atoms with Gasteiger partial charge in [-0.3, -0.25) is 0 Å². The first-order valence-electron chi connectivity index (χ1n) is 6.81. The molecule has 3 nitrogen and oxygen atoms in total. The Kier molecular flexibility index (Phi) is 5.02. The fraction of sp³-hybridized carbons (Fsp3) is 0.294. The van der Waals surface area contributed by atoms with Gasteiger partial charge in [0.1, 0.15) is 17.2 Å². The molecule has 2 aromatic carbocycles. The van der Waals surface area contributed by atoms with Gasteiger partial charge in [-0.15, -0.1) is 0 Å². The van der Waals surface area contributed by atoms with E-state index in [0.29, 0.717) is 6.04 Å². The highest BCUT2D eigenvalue weighted by Crippen LogP contribution is 2.25. The third kappa shape index (κ3) is 4.28. The Morgan fingerprint density at radius 2 is 1.60 bits per heavy atom. The summed E-state index contributed by atoms with van der Waals surface area (Å²) in [6.07, 6.45) is 0. The zero-order valence-electron chi connectivity index (χ0n) is 12.2. The normalized spacial score (nSPS) is 10.6. The molecule has 2 aromatic rings. The van der Waals surface area contributed by atoms with Gasteiger partial charge in [0.25, 0.3) is 0 Å². The summed E-state index contributed by atoms with van der Waals surface area (Å²) in [4.78, 5) is 0. The van der Waals surface area contributed by atoms with Crippen molar-refractivity contribution in [2.75, 3.05) is 7.11 Å². The molecule has 1 N–H and O–H groups in total. The van der Waals surface area contributed by atoms with Crippen LogP contribution >= 0.6 is 0 Å². The predicted octanol–water partition coefficient (Wildman–Crippen LogP) is 3.99. The summed E-state index contributed by atoms with van der Waals surface area (Å²) in [6, 6.07) is 16.2. The molecular weight excluding hydrogens is 250 g/mol. The van der Waals surface area contributed by atoms with Crippen LogP contribution in [0.3, 0.4) is 0 Å². The lowest BCUT2D eigenvalue weighted by Gasteiger charge is -2.11. The minimum absolute atomic E-state index is 0.470. The third-order valence-corrected chi connectivity index (χ3v) is 2.89. The molecule has 0 bridgehead atoms. The van der Waals surface area contributed by atoms with Gasteiger partial charge in [0.2, 0.25) is 0 Å². The molecule has 0 saturated carbocycles. The monoisotopic (exact) mass is 271 g/mol. The van der Waals surface area contributed by atoms with E-state index in [-0.39, 0.29) is 0 Å². The standard InChI is InChI=1S/C17H21NO2/c1-13(2)18-12-14-6-4-8-16(10-14)20-17-9-5-7-15(11-17)19-3/h4-11,13,18H,12H2,1-3H3. The Bertz CT molecular complexity index is 552. The molecule has 0 aliphatic carbocycles. The maximum absolute atomic E-state index is 5.86. The number of hydrogen-bond acceptors (Lipinski definition) is 3. The minimum atomic E-state index is 0.470. The molecule has 0 fully saturated rings. The van der Waals surface area contributed by atoms with Gasteiger partial charge in [-0.1, -0.05) is 32.0 Å². The molecule has 0 unspecified atom stereocenters. The predicted molar refractivity (Wildman–Crippen MR) is 81.5 cm³/mol. The Labute approximate surface area is 120 Å². The zero-order valence-corrected chi connectivity index (χ0v) is 12.2. The Balaban J connectivity index is 2.06. The van der Waals surface area contributed by atoms with Gasteiger partial charge in [-0.25, -0.2) is 0 Å². The lowest BCUT2D eigenvalue weighted by molar-refractivity contribution is 0.409. The molecule has 2 rings (SSSR count). The first-order valence-corrected chi connectivity index (χ1v) is 6.81. The quantitative estimate of drug-likeness (QED) is 0.862. The molecule has 3 heteroatoms. The molecular formula is C17H21NO2. The Hall–Kier alpha value is -2.00. The van der Waals surface area contributed by atoms with Crippen LogP contribution in [0, 0.1) is 0 Å². The van der Waals surface area contributed by atoms with E-state index in [9.17, 15) is 0 Å². The van der Waals surface area contributed by atoms with Crippen LogP contribution < -0.4 is 14.8 Å². The summed E-state index contributed by atoms with van der Waals surface area (Å²) in [7, 11) is 1.65. The number of benzene rings is 2. The molecule has 20 heavy (non-hydrogen) atoms. The van der Waals surface area contributed by atoms with Crippen molar-refractivity contribution < 1.29 is 9.47 Å². The van der Waals surface area contributed by atoms with E-state index in [1.807, 2.05) is 36.4 Å². The van der Waals surface area contributed by atoms with E-state index in [0.717, 1.165) is 23.8 Å². The van der Waals surface area contributed by atoms with Crippen molar-refractivity contribution in [2.45, 2.75) is 26.4 Å². The van der Waals surface area contributed by atoms with E-state index in [1.54, 1.807) is 7.11 Å². The van der Waals surface area contributed by atoms with Gasteiger partial charge in [0, 0.05) is 18.7 Å². The highest BCUT2D eigenvalue weighted by molar-refractivity contribution is 5.38. The Morgan fingerprint density at radius 3 is 2.30 bits per heavy atom. The van der Waals surface area contributed by atoms with Crippen molar-refractivity contribution in [1.29, 1.82) is 0 Å². The zero-order chi connectivity index (χ0) is 14.4. The van der Waals surface area contributed by atoms with Crippen molar-refractivity contribution in [3.8, 4) is 17.2 Å². The first-order chi connectivity index (χ1) is 9.67. The maximum atomic E-state index is 5.86. The molecule has 106 valence electrons. The topological polar surface area (TPSA) is 30.5 Å². The molecule has 0 saturated heterocycles. The van der Waals surface area contributed by atoms with Gasteiger partial charge in [-0.05, 0) is 29.8 Å². The largest absolute Gasteiger partial charge is 0.497 e. The van der Waals surface area contributed by atoms with Crippen LogP contribution in [0.15, 0.2) is 48.5 Å². The summed E-state index contributed by atoms with van der Waals surface area (Å²) in [5.74, 6) is 2.40. The van der Waals surface area contributed by atoms with Crippen molar-refractivity contribution in [3.05, 3.63) is 54.1 Å². The summed E-state index contributed by atoms with van der Waals surface area (Å²) in [5, 5.41) is 3.40. The second-order valence-corrected chi connectivity index (χ2v) is 4.96. The first kappa shape index (κ1) is 14.4. The number of hydrogen-bond donors (Lipinski definition) is 1. The molecule has 0 aliphatic heterocycles. The van der Waals surface area contributed by atoms with Gasteiger partial charge < -0.3 is 14.8 Å². The lowest BCUT2D eigenvalue weighted by Crippen LogP contribution is -2.21. The maximum Gasteiger partial charge on any atom is 0.131 e. The van der Waals surface area contributed by atoms with Crippen LogP contribution in [-0.2, 0) is 6.54 Å². The summed E-state index contributed by atoms with van der Waals surface area (Å²) >= 11 is 0. The van der Waals surface area contributed by atoms with Gasteiger partial charge in [0.15, 0.2) is 0 Å². The van der Waals surface area contributed by atoms with E-state index in [1.165, 1.54) is 5.56 Å². The molecule has 0 radical (unpaired) electrons. The summed E-state index contributed by atoms with van der Waals surface area (Å²) in [5.41, 5.74) is 1.21. The summed E-state index contributed by atoms with van der Waals surface area (Å²) in [6.45, 7) is 5.11.